The molecule has 2 aromatic rings. The highest BCUT2D eigenvalue weighted by atomic mass is 79.9. The molecular weight excluding hydrogens is 339 g/mol. The van der Waals surface area contributed by atoms with Crippen molar-refractivity contribution in [3.8, 4) is 0 Å². The number of hydrogen-bond donors (Lipinski definition) is 0. The fraction of sp³-hybridized carbons (Fsp3) is 0.125. The molecule has 0 bridgehead atoms. The van der Waals surface area contributed by atoms with E-state index in [0.29, 0.717) is 5.56 Å². The molecule has 108 valence electrons. The lowest BCUT2D eigenvalue weighted by Gasteiger charge is -2.08. The van der Waals surface area contributed by atoms with Crippen LogP contribution in [0.5, 0.6) is 0 Å². The number of benzene rings is 2. The van der Waals surface area contributed by atoms with E-state index in [0.717, 1.165) is 0 Å². The van der Waals surface area contributed by atoms with Crippen molar-refractivity contribution in [1.82, 2.24) is 0 Å². The van der Waals surface area contributed by atoms with Crippen molar-refractivity contribution in [3.63, 3.8) is 0 Å². The number of ether oxygens (including phenoxy) is 1. The Morgan fingerprint density at radius 3 is 2.43 bits per heavy atom. The quantitative estimate of drug-likeness (QED) is 0.618. The molecule has 0 spiro atoms. The Bertz CT molecular complexity index is 698. The van der Waals surface area contributed by atoms with Crippen LogP contribution in [0.25, 0.3) is 0 Å². The van der Waals surface area contributed by atoms with E-state index in [2.05, 4.69) is 15.9 Å². The summed E-state index contributed by atoms with van der Waals surface area (Å²) >= 11 is 3.04. The molecule has 0 aromatic heterocycles. The van der Waals surface area contributed by atoms with Crippen LogP contribution in [-0.4, -0.2) is 18.4 Å². The molecule has 3 nitrogen and oxygen atoms in total. The van der Waals surface area contributed by atoms with Crippen molar-refractivity contribution < 1.29 is 18.7 Å². The van der Waals surface area contributed by atoms with Gasteiger partial charge in [-0.2, -0.15) is 0 Å². The van der Waals surface area contributed by atoms with Gasteiger partial charge < -0.3 is 4.74 Å². The maximum Gasteiger partial charge on any atom is 0.338 e. The Balaban J connectivity index is 2.43. The fourth-order valence-electron chi connectivity index (χ4n) is 1.86. The molecule has 5 heteroatoms. The number of rotatable bonds is 4. The minimum absolute atomic E-state index is 0.196. The van der Waals surface area contributed by atoms with Gasteiger partial charge in [-0.15, -0.1) is 0 Å². The topological polar surface area (TPSA) is 43.4 Å². The first-order valence-corrected chi connectivity index (χ1v) is 7.09. The van der Waals surface area contributed by atoms with Gasteiger partial charge in [0.2, 0.25) is 0 Å². The van der Waals surface area contributed by atoms with Crippen LogP contribution in [0.1, 0.15) is 33.2 Å². The zero-order valence-corrected chi connectivity index (χ0v) is 12.8. The predicted octanol–water partition coefficient (Wildman–Crippen LogP) is 4.00. The van der Waals surface area contributed by atoms with Crippen LogP contribution in [0, 0.1) is 5.82 Å². The van der Waals surface area contributed by atoms with Gasteiger partial charge in [0.1, 0.15) is 5.82 Å². The molecular formula is C16H12BrFO3. The highest BCUT2D eigenvalue weighted by Crippen LogP contribution is 2.21. The van der Waals surface area contributed by atoms with Crippen molar-refractivity contribution in [2.75, 3.05) is 6.61 Å². The summed E-state index contributed by atoms with van der Waals surface area (Å²) in [4.78, 5) is 24.4. The number of carbonyl (C=O) groups is 2. The summed E-state index contributed by atoms with van der Waals surface area (Å²) in [6.07, 6.45) is 0. The highest BCUT2D eigenvalue weighted by molar-refractivity contribution is 9.10. The molecule has 2 aromatic carbocycles. The molecule has 0 unspecified atom stereocenters. The van der Waals surface area contributed by atoms with Gasteiger partial charge in [-0.25, -0.2) is 9.18 Å². The Labute approximate surface area is 129 Å². The van der Waals surface area contributed by atoms with Crippen molar-refractivity contribution >= 4 is 27.7 Å². The lowest BCUT2D eigenvalue weighted by Crippen LogP contribution is -2.12. The van der Waals surface area contributed by atoms with Crippen molar-refractivity contribution in [2.24, 2.45) is 0 Å². The first-order chi connectivity index (χ1) is 10.0. The van der Waals surface area contributed by atoms with E-state index in [9.17, 15) is 14.0 Å². The summed E-state index contributed by atoms with van der Waals surface area (Å²) in [7, 11) is 0. The maximum absolute atomic E-state index is 13.2. The van der Waals surface area contributed by atoms with Crippen LogP contribution >= 0.6 is 15.9 Å². The van der Waals surface area contributed by atoms with Gasteiger partial charge in [0.05, 0.1) is 16.6 Å². The van der Waals surface area contributed by atoms with Crippen molar-refractivity contribution in [3.05, 3.63) is 69.4 Å². The van der Waals surface area contributed by atoms with Crippen LogP contribution in [0.4, 0.5) is 4.39 Å². The molecule has 0 heterocycles. The zero-order chi connectivity index (χ0) is 15.4. The number of ketones is 1. The SMILES string of the molecule is CCOC(=O)c1ccccc1C(=O)c1ccc(F)c(Br)c1. The molecule has 0 fully saturated rings. The van der Waals surface area contributed by atoms with Crippen LogP contribution in [0.15, 0.2) is 46.9 Å². The second kappa shape index (κ2) is 6.63. The van der Waals surface area contributed by atoms with Crippen molar-refractivity contribution in [1.29, 1.82) is 0 Å². The standard InChI is InChI=1S/C16H12BrFO3/c1-2-21-16(20)12-6-4-3-5-11(12)15(19)10-7-8-14(18)13(17)9-10/h3-9H,2H2,1H3. The van der Waals surface area contributed by atoms with E-state index < -0.39 is 11.8 Å². The lowest BCUT2D eigenvalue weighted by atomic mass is 9.98. The van der Waals surface area contributed by atoms with Gasteiger partial charge in [0, 0.05) is 11.1 Å². The molecule has 0 radical (unpaired) electrons. The van der Waals surface area contributed by atoms with Gasteiger partial charge in [-0.1, -0.05) is 18.2 Å². The average molecular weight is 351 g/mol. The number of halogens is 2. The van der Waals surface area contributed by atoms with Crippen LogP contribution < -0.4 is 0 Å². The number of hydrogen-bond acceptors (Lipinski definition) is 3. The molecule has 21 heavy (non-hydrogen) atoms. The monoisotopic (exact) mass is 350 g/mol. The minimum atomic E-state index is -0.553. The van der Waals surface area contributed by atoms with E-state index in [1.54, 1.807) is 25.1 Å². The number of esters is 1. The second-order valence-corrected chi connectivity index (χ2v) is 5.08. The lowest BCUT2D eigenvalue weighted by molar-refractivity contribution is 0.0523. The van der Waals surface area contributed by atoms with E-state index >= 15 is 0 Å². The Morgan fingerprint density at radius 2 is 1.81 bits per heavy atom. The third-order valence-corrected chi connectivity index (χ3v) is 3.46. The van der Waals surface area contributed by atoms with Gasteiger partial charge in [-0.3, -0.25) is 4.79 Å². The van der Waals surface area contributed by atoms with Crippen LogP contribution in [-0.2, 0) is 4.74 Å². The summed E-state index contributed by atoms with van der Waals surface area (Å²) in [5.41, 5.74) is 0.722. The summed E-state index contributed by atoms with van der Waals surface area (Å²) in [5.74, 6) is -1.37. The van der Waals surface area contributed by atoms with Gasteiger partial charge >= 0.3 is 5.97 Å². The molecule has 0 aliphatic heterocycles. The normalized spacial score (nSPS) is 10.2. The first-order valence-electron chi connectivity index (χ1n) is 6.30. The summed E-state index contributed by atoms with van der Waals surface area (Å²) < 4.78 is 18.4. The minimum Gasteiger partial charge on any atom is -0.462 e. The van der Waals surface area contributed by atoms with Crippen molar-refractivity contribution in [2.45, 2.75) is 6.92 Å². The first kappa shape index (κ1) is 15.4. The van der Waals surface area contributed by atoms with Gasteiger partial charge in [0.15, 0.2) is 5.78 Å². The molecule has 0 saturated heterocycles. The zero-order valence-electron chi connectivity index (χ0n) is 11.2. The van der Waals surface area contributed by atoms with E-state index in [1.165, 1.54) is 24.3 Å². The molecule has 0 aliphatic rings. The van der Waals surface area contributed by atoms with E-state index in [4.69, 9.17) is 4.74 Å². The predicted molar refractivity (Wildman–Crippen MR) is 79.9 cm³/mol. The largest absolute Gasteiger partial charge is 0.462 e. The molecule has 0 N–H and O–H groups in total. The summed E-state index contributed by atoms with van der Waals surface area (Å²) in [5, 5.41) is 0. The Morgan fingerprint density at radius 1 is 1.14 bits per heavy atom. The smallest absolute Gasteiger partial charge is 0.338 e. The van der Waals surface area contributed by atoms with E-state index in [-0.39, 0.29) is 28.0 Å². The third kappa shape index (κ3) is 3.36. The fourth-order valence-corrected chi connectivity index (χ4v) is 2.24. The Kier molecular flexibility index (Phi) is 4.85. The Hall–Kier alpha value is -2.01. The third-order valence-electron chi connectivity index (χ3n) is 2.85. The molecule has 0 atom stereocenters. The molecule has 0 aliphatic carbocycles. The van der Waals surface area contributed by atoms with E-state index in [1.807, 2.05) is 0 Å². The van der Waals surface area contributed by atoms with Gasteiger partial charge in [0.25, 0.3) is 0 Å². The van der Waals surface area contributed by atoms with Crippen LogP contribution in [0.3, 0.4) is 0 Å². The molecule has 2 rings (SSSR count). The number of carbonyl (C=O) groups excluding carboxylic acids is 2. The molecule has 0 amide bonds. The maximum atomic E-state index is 13.2. The van der Waals surface area contributed by atoms with Gasteiger partial charge in [-0.05, 0) is 47.1 Å². The highest BCUT2D eigenvalue weighted by Gasteiger charge is 2.19. The van der Waals surface area contributed by atoms with Crippen LogP contribution in [0.2, 0.25) is 0 Å². The summed E-state index contributed by atoms with van der Waals surface area (Å²) in [6.45, 7) is 1.92. The second-order valence-electron chi connectivity index (χ2n) is 4.22. The summed E-state index contributed by atoms with van der Waals surface area (Å²) in [6, 6.07) is 10.4. The molecule has 0 saturated carbocycles. The average Bonchev–Trinajstić information content (AvgIpc) is 2.49.